The zero-order valence-corrected chi connectivity index (χ0v) is 15.1. The minimum atomic E-state index is -0.352. The van der Waals surface area contributed by atoms with Gasteiger partial charge in [0.25, 0.3) is 5.91 Å². The Morgan fingerprint density at radius 3 is 2.37 bits per heavy atom. The van der Waals surface area contributed by atoms with Crippen LogP contribution in [0.25, 0.3) is 0 Å². The molecule has 5 N–H and O–H groups in total. The number of carbonyl (C=O) groups is 1. The molecule has 0 unspecified atom stereocenters. The second-order valence-corrected chi connectivity index (χ2v) is 5.86. The molecule has 0 fully saturated rings. The van der Waals surface area contributed by atoms with E-state index in [0.29, 0.717) is 16.4 Å². The number of methoxy groups -OCH3 is 1. The van der Waals surface area contributed by atoms with Gasteiger partial charge >= 0.3 is 0 Å². The minimum absolute atomic E-state index is 0.254. The Hall–Kier alpha value is -3.52. The van der Waals surface area contributed by atoms with E-state index >= 15 is 0 Å². The van der Waals surface area contributed by atoms with E-state index in [1.807, 2.05) is 24.3 Å². The van der Waals surface area contributed by atoms with E-state index in [1.54, 1.807) is 31.4 Å². The van der Waals surface area contributed by atoms with Crippen molar-refractivity contribution in [1.29, 1.82) is 0 Å². The predicted molar refractivity (Wildman–Crippen MR) is 105 cm³/mol. The normalized spacial score (nSPS) is 10.1. The van der Waals surface area contributed by atoms with Gasteiger partial charge in [-0.05, 0) is 48.5 Å². The highest BCUT2D eigenvalue weighted by molar-refractivity contribution is 6.30. The van der Waals surface area contributed by atoms with E-state index in [4.69, 9.17) is 22.1 Å². The van der Waals surface area contributed by atoms with E-state index in [-0.39, 0.29) is 17.4 Å². The molecule has 0 spiro atoms. The topological polar surface area (TPSA) is 114 Å². The molecule has 0 atom stereocenters. The predicted octanol–water partition coefficient (Wildman–Crippen LogP) is 3.22. The molecular weight excluding hydrogens is 368 g/mol. The Labute approximate surface area is 160 Å². The minimum Gasteiger partial charge on any atom is -0.497 e. The fourth-order valence-corrected chi connectivity index (χ4v) is 2.32. The third-order valence-corrected chi connectivity index (χ3v) is 3.89. The lowest BCUT2D eigenvalue weighted by Crippen LogP contribution is -2.30. The molecule has 8 nitrogen and oxygen atoms in total. The number of benzene rings is 2. The summed E-state index contributed by atoms with van der Waals surface area (Å²) in [6.07, 6.45) is 1.33. The fraction of sp³-hybridized carbons (Fsp3) is 0.0556. The molecule has 1 aromatic heterocycles. The van der Waals surface area contributed by atoms with E-state index in [2.05, 4.69) is 26.1 Å². The van der Waals surface area contributed by atoms with Crippen molar-refractivity contribution in [2.24, 2.45) is 0 Å². The maximum Gasteiger partial charge on any atom is 0.269 e. The fourth-order valence-electron chi connectivity index (χ4n) is 2.20. The van der Waals surface area contributed by atoms with Crippen molar-refractivity contribution in [2.45, 2.75) is 0 Å². The quantitative estimate of drug-likeness (QED) is 0.482. The van der Waals surface area contributed by atoms with Crippen LogP contribution in [0.5, 0.6) is 5.75 Å². The van der Waals surface area contributed by atoms with Gasteiger partial charge in [-0.15, -0.1) is 0 Å². The third-order valence-electron chi connectivity index (χ3n) is 3.64. The van der Waals surface area contributed by atoms with E-state index < -0.39 is 0 Å². The average molecular weight is 385 g/mol. The molecule has 0 aliphatic rings. The third kappa shape index (κ3) is 4.56. The number of aromatic nitrogens is 2. The summed E-state index contributed by atoms with van der Waals surface area (Å²) in [7, 11) is 1.60. The van der Waals surface area contributed by atoms with Crippen LogP contribution in [0.4, 0.5) is 23.0 Å². The van der Waals surface area contributed by atoms with E-state index in [1.165, 1.54) is 6.33 Å². The zero-order chi connectivity index (χ0) is 19.2. The Bertz CT molecular complexity index is 932. The van der Waals surface area contributed by atoms with Crippen LogP contribution in [0.3, 0.4) is 0 Å². The van der Waals surface area contributed by atoms with Gasteiger partial charge in [-0.1, -0.05) is 11.6 Å². The molecule has 0 saturated carbocycles. The van der Waals surface area contributed by atoms with Crippen molar-refractivity contribution >= 4 is 40.5 Å². The van der Waals surface area contributed by atoms with Gasteiger partial charge in [0.05, 0.1) is 7.11 Å². The molecule has 9 heteroatoms. The van der Waals surface area contributed by atoms with Crippen molar-refractivity contribution < 1.29 is 9.53 Å². The lowest BCUT2D eigenvalue weighted by Gasteiger charge is -2.13. The SMILES string of the molecule is COc1ccc(Nc2ncnc(NNC(=O)c3ccc(Cl)cc3)c2N)cc1. The Balaban J connectivity index is 1.68. The lowest BCUT2D eigenvalue weighted by atomic mass is 10.2. The maximum atomic E-state index is 12.1. The number of anilines is 4. The molecule has 0 saturated heterocycles. The van der Waals surface area contributed by atoms with Gasteiger partial charge < -0.3 is 15.8 Å². The van der Waals surface area contributed by atoms with Gasteiger partial charge in [0.15, 0.2) is 11.6 Å². The van der Waals surface area contributed by atoms with Gasteiger partial charge in [-0.2, -0.15) is 0 Å². The van der Waals surface area contributed by atoms with Gasteiger partial charge in [-0.3, -0.25) is 15.6 Å². The lowest BCUT2D eigenvalue weighted by molar-refractivity contribution is 0.0962. The number of carbonyl (C=O) groups excluding carboxylic acids is 1. The van der Waals surface area contributed by atoms with Gasteiger partial charge in [0.1, 0.15) is 17.8 Å². The largest absolute Gasteiger partial charge is 0.497 e. The first-order valence-corrected chi connectivity index (χ1v) is 8.28. The Morgan fingerprint density at radius 1 is 1.04 bits per heavy atom. The summed E-state index contributed by atoms with van der Waals surface area (Å²) in [6.45, 7) is 0. The number of hydrogen-bond acceptors (Lipinski definition) is 7. The highest BCUT2D eigenvalue weighted by Crippen LogP contribution is 2.26. The summed E-state index contributed by atoms with van der Waals surface area (Å²) in [5, 5.41) is 3.64. The van der Waals surface area contributed by atoms with Crippen molar-refractivity contribution in [3.05, 3.63) is 65.4 Å². The number of nitrogens with two attached hydrogens (primary N) is 1. The number of halogens is 1. The number of amides is 1. The molecule has 2 aromatic carbocycles. The van der Waals surface area contributed by atoms with Crippen LogP contribution >= 0.6 is 11.6 Å². The highest BCUT2D eigenvalue weighted by Gasteiger charge is 2.10. The molecule has 0 radical (unpaired) electrons. The molecule has 27 heavy (non-hydrogen) atoms. The number of hydrogen-bond donors (Lipinski definition) is 4. The molecule has 1 amide bonds. The highest BCUT2D eigenvalue weighted by atomic mass is 35.5. The number of ether oxygens (including phenoxy) is 1. The Kier molecular flexibility index (Phi) is 5.58. The number of hydrazine groups is 1. The molecule has 0 aliphatic carbocycles. The number of nitrogens with one attached hydrogen (secondary N) is 3. The Morgan fingerprint density at radius 2 is 1.70 bits per heavy atom. The summed E-state index contributed by atoms with van der Waals surface area (Å²) in [5.74, 6) is 1.06. The smallest absolute Gasteiger partial charge is 0.269 e. The van der Waals surface area contributed by atoms with Crippen LogP contribution in [0.15, 0.2) is 54.9 Å². The van der Waals surface area contributed by atoms with Crippen molar-refractivity contribution in [3.8, 4) is 5.75 Å². The van der Waals surface area contributed by atoms with Crippen LogP contribution in [0.2, 0.25) is 5.02 Å². The molecule has 0 aliphatic heterocycles. The summed E-state index contributed by atoms with van der Waals surface area (Å²) >= 11 is 5.82. The number of nitrogens with zero attached hydrogens (tertiary/aromatic N) is 2. The van der Waals surface area contributed by atoms with Gasteiger partial charge in [0.2, 0.25) is 0 Å². The molecule has 1 heterocycles. The summed E-state index contributed by atoms with van der Waals surface area (Å²) in [6, 6.07) is 13.8. The molecule has 138 valence electrons. The van der Waals surface area contributed by atoms with Crippen LogP contribution in [0, 0.1) is 0 Å². The van der Waals surface area contributed by atoms with Gasteiger partial charge in [0, 0.05) is 16.3 Å². The van der Waals surface area contributed by atoms with Crippen molar-refractivity contribution in [1.82, 2.24) is 15.4 Å². The van der Waals surface area contributed by atoms with Crippen LogP contribution in [-0.4, -0.2) is 23.0 Å². The van der Waals surface area contributed by atoms with Crippen molar-refractivity contribution in [3.63, 3.8) is 0 Å². The van der Waals surface area contributed by atoms with Crippen molar-refractivity contribution in [2.75, 3.05) is 23.6 Å². The molecule has 0 bridgehead atoms. The first-order chi connectivity index (χ1) is 13.1. The molecule has 3 rings (SSSR count). The standard InChI is InChI=1S/C18H17ClN6O2/c1-27-14-8-6-13(7-9-14)23-16-15(20)17(22-10-21-16)24-25-18(26)11-2-4-12(19)5-3-11/h2-10H,20H2,1H3,(H,25,26)(H2,21,22,23,24). The summed E-state index contributed by atoms with van der Waals surface area (Å²) in [5.41, 5.74) is 12.8. The zero-order valence-electron chi connectivity index (χ0n) is 14.4. The summed E-state index contributed by atoms with van der Waals surface area (Å²) in [4.78, 5) is 20.3. The van der Waals surface area contributed by atoms with Crippen LogP contribution in [-0.2, 0) is 0 Å². The molecular formula is C18H17ClN6O2. The molecule has 3 aromatic rings. The maximum absolute atomic E-state index is 12.1. The van der Waals surface area contributed by atoms with E-state index in [9.17, 15) is 4.79 Å². The van der Waals surface area contributed by atoms with Crippen LogP contribution < -0.4 is 26.6 Å². The first kappa shape index (κ1) is 18.3. The summed E-state index contributed by atoms with van der Waals surface area (Å²) < 4.78 is 5.12. The average Bonchev–Trinajstić information content (AvgIpc) is 2.69. The number of rotatable bonds is 6. The second-order valence-electron chi connectivity index (χ2n) is 5.42. The first-order valence-electron chi connectivity index (χ1n) is 7.90. The second kappa shape index (κ2) is 8.24. The monoisotopic (exact) mass is 384 g/mol. The van der Waals surface area contributed by atoms with Crippen LogP contribution in [0.1, 0.15) is 10.4 Å². The van der Waals surface area contributed by atoms with Gasteiger partial charge in [-0.25, -0.2) is 9.97 Å². The van der Waals surface area contributed by atoms with E-state index in [0.717, 1.165) is 11.4 Å². The number of nitrogen functional groups attached to an aromatic ring is 1.